The van der Waals surface area contributed by atoms with Crippen LogP contribution in [0, 0.1) is 13.8 Å². The van der Waals surface area contributed by atoms with Crippen LogP contribution in [0.1, 0.15) is 35.0 Å². The molecule has 7 heteroatoms. The Bertz CT molecular complexity index is 607. The molecule has 0 aromatic carbocycles. The molecular weight excluding hydrogens is 274 g/mol. The quantitative estimate of drug-likeness (QED) is 0.735. The van der Waals surface area contributed by atoms with Gasteiger partial charge in [0.25, 0.3) is 11.5 Å². The molecular formula is C14H21N3O4. The summed E-state index contributed by atoms with van der Waals surface area (Å²) in [6.07, 6.45) is 0.0967. The Balaban J connectivity index is 3.12. The number of esters is 1. The van der Waals surface area contributed by atoms with Crippen molar-refractivity contribution < 1.29 is 14.3 Å². The van der Waals surface area contributed by atoms with Gasteiger partial charge >= 0.3 is 5.97 Å². The van der Waals surface area contributed by atoms with Gasteiger partial charge in [-0.2, -0.15) is 5.10 Å². The van der Waals surface area contributed by atoms with Crippen LogP contribution >= 0.6 is 0 Å². The number of nitrogens with zero attached hydrogens (tertiary/aromatic N) is 3. The van der Waals surface area contributed by atoms with Crippen molar-refractivity contribution in [3.8, 4) is 0 Å². The molecule has 0 saturated carbocycles. The molecule has 0 aliphatic heterocycles. The maximum absolute atomic E-state index is 12.6. The Morgan fingerprint density at radius 2 is 1.95 bits per heavy atom. The van der Waals surface area contributed by atoms with Crippen LogP contribution in [0.3, 0.4) is 0 Å². The third-order valence-corrected chi connectivity index (χ3v) is 3.42. The van der Waals surface area contributed by atoms with Gasteiger partial charge in [-0.3, -0.25) is 14.4 Å². The second-order valence-electron chi connectivity index (χ2n) is 4.73. The van der Waals surface area contributed by atoms with E-state index < -0.39 is 11.5 Å². The molecule has 1 aromatic heterocycles. The number of carbonyl (C=O) groups excluding carboxylic acids is 2. The predicted molar refractivity (Wildman–Crippen MR) is 77.2 cm³/mol. The number of methoxy groups -OCH3 is 1. The average Bonchev–Trinajstić information content (AvgIpc) is 2.45. The molecule has 1 aromatic rings. The third-order valence-electron chi connectivity index (χ3n) is 3.42. The summed E-state index contributed by atoms with van der Waals surface area (Å²) in [5.41, 5.74) is 0.875. The van der Waals surface area contributed by atoms with Crippen LogP contribution in [0.4, 0.5) is 0 Å². The van der Waals surface area contributed by atoms with Crippen molar-refractivity contribution >= 4 is 11.9 Å². The van der Waals surface area contributed by atoms with Crippen LogP contribution in [-0.4, -0.2) is 46.8 Å². The summed E-state index contributed by atoms with van der Waals surface area (Å²) in [6, 6.07) is 0. The van der Waals surface area contributed by atoms with Gasteiger partial charge in [-0.1, -0.05) is 0 Å². The molecule has 0 atom stereocenters. The smallest absolute Gasteiger partial charge is 0.307 e. The molecule has 0 fully saturated rings. The average molecular weight is 295 g/mol. The van der Waals surface area contributed by atoms with Gasteiger partial charge in [0, 0.05) is 20.1 Å². The van der Waals surface area contributed by atoms with E-state index in [9.17, 15) is 14.4 Å². The van der Waals surface area contributed by atoms with Gasteiger partial charge in [-0.15, -0.1) is 0 Å². The van der Waals surface area contributed by atoms with E-state index >= 15 is 0 Å². The minimum Gasteiger partial charge on any atom is -0.469 e. The summed E-state index contributed by atoms with van der Waals surface area (Å²) in [4.78, 5) is 37.4. The Hall–Kier alpha value is -2.18. The number of hydrogen-bond acceptors (Lipinski definition) is 5. The number of rotatable bonds is 5. The molecule has 0 saturated heterocycles. The van der Waals surface area contributed by atoms with Gasteiger partial charge in [0.2, 0.25) is 0 Å². The van der Waals surface area contributed by atoms with Gasteiger partial charge < -0.3 is 9.64 Å². The van der Waals surface area contributed by atoms with Crippen molar-refractivity contribution in [1.29, 1.82) is 0 Å². The highest BCUT2D eigenvalue weighted by Gasteiger charge is 2.23. The fourth-order valence-electron chi connectivity index (χ4n) is 1.99. The molecule has 0 spiro atoms. The molecule has 0 aliphatic carbocycles. The van der Waals surface area contributed by atoms with E-state index in [1.807, 2.05) is 0 Å². The number of ether oxygens (including phenoxy) is 1. The van der Waals surface area contributed by atoms with Crippen molar-refractivity contribution in [2.24, 2.45) is 7.05 Å². The summed E-state index contributed by atoms with van der Waals surface area (Å²) in [5, 5.41) is 4.05. The monoisotopic (exact) mass is 295 g/mol. The van der Waals surface area contributed by atoms with Crippen molar-refractivity contribution in [3.63, 3.8) is 0 Å². The molecule has 21 heavy (non-hydrogen) atoms. The lowest BCUT2D eigenvalue weighted by atomic mass is 10.1. The Labute approximate surface area is 123 Å². The zero-order chi connectivity index (χ0) is 16.2. The second kappa shape index (κ2) is 7.01. The van der Waals surface area contributed by atoms with Gasteiger partial charge in [0.05, 0.1) is 19.2 Å². The fourth-order valence-corrected chi connectivity index (χ4v) is 1.99. The molecule has 1 amide bonds. The lowest BCUT2D eigenvalue weighted by Crippen LogP contribution is -2.39. The Morgan fingerprint density at radius 3 is 2.48 bits per heavy atom. The van der Waals surface area contributed by atoms with E-state index in [0.29, 0.717) is 17.8 Å². The van der Waals surface area contributed by atoms with Crippen LogP contribution in [0.2, 0.25) is 0 Å². The van der Waals surface area contributed by atoms with E-state index in [2.05, 4.69) is 9.84 Å². The minimum atomic E-state index is -0.431. The number of aryl methyl sites for hydroxylation is 2. The predicted octanol–water partition coefficient (Wildman–Crippen LogP) is 0.422. The second-order valence-corrected chi connectivity index (χ2v) is 4.73. The maximum atomic E-state index is 12.6. The molecule has 7 nitrogen and oxygen atoms in total. The number of carbonyl (C=O) groups is 2. The van der Waals surface area contributed by atoms with Gasteiger partial charge in [0.15, 0.2) is 0 Å². The summed E-state index contributed by atoms with van der Waals surface area (Å²) in [6.45, 7) is 5.86. The normalized spacial score (nSPS) is 10.3. The number of amides is 1. The SMILES string of the molecule is CCN(CCC(=O)OC)C(=O)c1c(C)c(C)nn(C)c1=O. The summed E-state index contributed by atoms with van der Waals surface area (Å²) in [7, 11) is 2.81. The first-order valence-electron chi connectivity index (χ1n) is 6.74. The molecule has 116 valence electrons. The highest BCUT2D eigenvalue weighted by Crippen LogP contribution is 2.09. The van der Waals surface area contributed by atoms with Crippen molar-refractivity contribution in [3.05, 3.63) is 27.2 Å². The molecule has 0 aliphatic rings. The molecule has 0 N–H and O–H groups in total. The number of aromatic nitrogens is 2. The van der Waals surface area contributed by atoms with Crippen LogP contribution in [-0.2, 0) is 16.6 Å². The van der Waals surface area contributed by atoms with Crippen LogP contribution < -0.4 is 5.56 Å². The molecule has 0 bridgehead atoms. The molecule has 1 heterocycles. The van der Waals surface area contributed by atoms with Crippen LogP contribution in [0.15, 0.2) is 4.79 Å². The van der Waals surface area contributed by atoms with Crippen molar-refractivity contribution in [2.45, 2.75) is 27.2 Å². The van der Waals surface area contributed by atoms with Gasteiger partial charge in [-0.25, -0.2) is 4.68 Å². The first-order valence-corrected chi connectivity index (χ1v) is 6.74. The van der Waals surface area contributed by atoms with Crippen molar-refractivity contribution in [2.75, 3.05) is 20.2 Å². The first-order chi connectivity index (χ1) is 9.83. The minimum absolute atomic E-state index is 0.0967. The van der Waals surface area contributed by atoms with E-state index in [0.717, 1.165) is 4.68 Å². The molecule has 0 radical (unpaired) electrons. The maximum Gasteiger partial charge on any atom is 0.307 e. The van der Waals surface area contributed by atoms with Crippen LogP contribution in [0.5, 0.6) is 0 Å². The lowest BCUT2D eigenvalue weighted by molar-refractivity contribution is -0.140. The zero-order valence-electron chi connectivity index (χ0n) is 13.1. The third kappa shape index (κ3) is 3.68. The van der Waals surface area contributed by atoms with Gasteiger partial charge in [-0.05, 0) is 26.3 Å². The highest BCUT2D eigenvalue weighted by molar-refractivity contribution is 5.95. The fraction of sp³-hybridized carbons (Fsp3) is 0.571. The molecule has 0 unspecified atom stereocenters. The van der Waals surface area contributed by atoms with Crippen molar-refractivity contribution in [1.82, 2.24) is 14.7 Å². The van der Waals surface area contributed by atoms with E-state index in [1.165, 1.54) is 19.1 Å². The Morgan fingerprint density at radius 1 is 1.33 bits per heavy atom. The standard InChI is InChI=1S/C14H21N3O4/c1-6-17(8-7-11(18)21-5)14(20)12-9(2)10(3)15-16(4)13(12)19/h6-8H2,1-5H3. The number of hydrogen-bond donors (Lipinski definition) is 0. The van der Waals surface area contributed by atoms with E-state index in [1.54, 1.807) is 20.8 Å². The summed E-state index contributed by atoms with van der Waals surface area (Å²) < 4.78 is 5.72. The molecule has 1 rings (SSSR count). The largest absolute Gasteiger partial charge is 0.469 e. The van der Waals surface area contributed by atoms with E-state index in [4.69, 9.17) is 0 Å². The Kier molecular flexibility index (Phi) is 5.63. The summed E-state index contributed by atoms with van der Waals surface area (Å²) in [5.74, 6) is -0.776. The zero-order valence-corrected chi connectivity index (χ0v) is 13.1. The lowest BCUT2D eigenvalue weighted by Gasteiger charge is -2.21. The first kappa shape index (κ1) is 16.9. The van der Waals surface area contributed by atoms with E-state index in [-0.39, 0.29) is 24.4 Å². The summed E-state index contributed by atoms with van der Waals surface area (Å²) >= 11 is 0. The van der Waals surface area contributed by atoms with Gasteiger partial charge in [0.1, 0.15) is 5.56 Å². The topological polar surface area (TPSA) is 81.5 Å². The highest BCUT2D eigenvalue weighted by atomic mass is 16.5. The van der Waals surface area contributed by atoms with Crippen LogP contribution in [0.25, 0.3) is 0 Å².